The van der Waals surface area contributed by atoms with Crippen LogP contribution in [0.1, 0.15) is 0 Å². The zero-order valence-corrected chi connectivity index (χ0v) is 9.69. The maximum Gasteiger partial charge on any atom is 0.00963 e. The summed E-state index contributed by atoms with van der Waals surface area (Å²) in [5, 5.41) is 4.10. The van der Waals surface area contributed by atoms with Gasteiger partial charge in [0.25, 0.3) is 0 Å². The highest BCUT2D eigenvalue weighted by Gasteiger charge is 1.98. The highest BCUT2D eigenvalue weighted by atomic mass is 31.0. The Balaban J connectivity index is 2.19. The summed E-state index contributed by atoms with van der Waals surface area (Å²) >= 11 is 0. The van der Waals surface area contributed by atoms with E-state index in [1.807, 2.05) is 0 Å². The molecule has 2 aromatic carbocycles. The van der Waals surface area contributed by atoms with E-state index in [2.05, 4.69) is 66.7 Å². The zero-order valence-electron chi connectivity index (χ0n) is 8.80. The Bertz CT molecular complexity index is 614. The number of hydrogen-bond acceptors (Lipinski definition) is 0. The van der Waals surface area contributed by atoms with Gasteiger partial charge in [-0.3, -0.25) is 0 Å². The molecular formula is C15H11P. The molecule has 0 bridgehead atoms. The van der Waals surface area contributed by atoms with Gasteiger partial charge in [-0.25, -0.2) is 0 Å². The van der Waals surface area contributed by atoms with E-state index in [4.69, 9.17) is 0 Å². The SMILES string of the molecule is c1ccc(-c2ccc3ccccc3p2)cc1. The molecule has 0 radical (unpaired) electrons. The molecule has 1 heterocycles. The third kappa shape index (κ3) is 1.73. The van der Waals surface area contributed by atoms with Crippen molar-refractivity contribution in [2.24, 2.45) is 0 Å². The topological polar surface area (TPSA) is 0 Å². The largest absolute Gasteiger partial charge is 0.0622 e. The van der Waals surface area contributed by atoms with Crippen LogP contribution < -0.4 is 0 Å². The number of rotatable bonds is 1. The van der Waals surface area contributed by atoms with Crippen LogP contribution in [0.2, 0.25) is 0 Å². The van der Waals surface area contributed by atoms with E-state index in [1.54, 1.807) is 0 Å². The van der Waals surface area contributed by atoms with E-state index in [0.29, 0.717) is 0 Å². The summed E-state index contributed by atoms with van der Waals surface area (Å²) in [6.45, 7) is 0. The third-order valence-electron chi connectivity index (χ3n) is 2.67. The van der Waals surface area contributed by atoms with Gasteiger partial charge in [0.15, 0.2) is 0 Å². The predicted molar refractivity (Wildman–Crippen MR) is 71.9 cm³/mol. The second-order valence-electron chi connectivity index (χ2n) is 3.76. The summed E-state index contributed by atoms with van der Waals surface area (Å²) < 4.78 is 0. The van der Waals surface area contributed by atoms with Crippen LogP contribution in [0.3, 0.4) is 0 Å². The van der Waals surface area contributed by atoms with Crippen LogP contribution in [-0.4, -0.2) is 0 Å². The quantitative estimate of drug-likeness (QED) is 0.538. The molecule has 0 aliphatic heterocycles. The molecule has 1 heteroatoms. The molecule has 0 atom stereocenters. The highest BCUT2D eigenvalue weighted by molar-refractivity contribution is 7.40. The van der Waals surface area contributed by atoms with Crippen LogP contribution in [0.5, 0.6) is 0 Å². The van der Waals surface area contributed by atoms with Gasteiger partial charge in [0.1, 0.15) is 0 Å². The molecule has 0 amide bonds. The molecule has 76 valence electrons. The lowest BCUT2D eigenvalue weighted by atomic mass is 10.2. The molecule has 0 saturated carbocycles. The lowest BCUT2D eigenvalue weighted by molar-refractivity contribution is 1.69. The van der Waals surface area contributed by atoms with Crippen molar-refractivity contribution in [3.05, 3.63) is 66.7 Å². The van der Waals surface area contributed by atoms with Crippen molar-refractivity contribution in [3.8, 4) is 10.9 Å². The zero-order chi connectivity index (χ0) is 10.8. The van der Waals surface area contributed by atoms with Gasteiger partial charge in [-0.2, -0.15) is 0 Å². The van der Waals surface area contributed by atoms with Gasteiger partial charge in [0, 0.05) is 10.4 Å². The third-order valence-corrected chi connectivity index (χ3v) is 3.96. The van der Waals surface area contributed by atoms with Crippen LogP contribution >= 0.6 is 8.19 Å². The maximum absolute atomic E-state index is 2.22. The monoisotopic (exact) mass is 222 g/mol. The first kappa shape index (κ1) is 9.57. The maximum atomic E-state index is 2.22. The highest BCUT2D eigenvalue weighted by Crippen LogP contribution is 2.33. The van der Waals surface area contributed by atoms with Crippen molar-refractivity contribution in [2.75, 3.05) is 0 Å². The van der Waals surface area contributed by atoms with Gasteiger partial charge in [-0.05, 0) is 23.1 Å². The Morgan fingerprint density at radius 2 is 1.38 bits per heavy atom. The number of hydrogen-bond donors (Lipinski definition) is 0. The first-order valence-electron chi connectivity index (χ1n) is 5.35. The fourth-order valence-corrected chi connectivity index (χ4v) is 2.96. The average Bonchev–Trinajstić information content (AvgIpc) is 2.39. The minimum atomic E-state index is 1.31. The normalized spacial score (nSPS) is 11.0. The molecule has 0 spiro atoms. The molecule has 0 nitrogen and oxygen atoms in total. The number of benzene rings is 2. The van der Waals surface area contributed by atoms with Crippen molar-refractivity contribution in [2.45, 2.75) is 0 Å². The van der Waals surface area contributed by atoms with E-state index < -0.39 is 0 Å². The average molecular weight is 222 g/mol. The van der Waals surface area contributed by atoms with Gasteiger partial charge < -0.3 is 0 Å². The van der Waals surface area contributed by atoms with Gasteiger partial charge in [0.2, 0.25) is 0 Å². The van der Waals surface area contributed by atoms with Crippen LogP contribution in [0.4, 0.5) is 0 Å². The fraction of sp³-hybridized carbons (Fsp3) is 0. The summed E-state index contributed by atoms with van der Waals surface area (Å²) in [6.07, 6.45) is 0. The van der Waals surface area contributed by atoms with Crippen LogP contribution in [0, 0.1) is 0 Å². The summed E-state index contributed by atoms with van der Waals surface area (Å²) in [5.74, 6) is 0. The van der Waals surface area contributed by atoms with Gasteiger partial charge >= 0.3 is 0 Å². The Kier molecular flexibility index (Phi) is 2.44. The Labute approximate surface area is 96.7 Å². The van der Waals surface area contributed by atoms with Gasteiger partial charge in [0.05, 0.1) is 0 Å². The minimum Gasteiger partial charge on any atom is -0.0622 e. The summed E-state index contributed by atoms with van der Waals surface area (Å²) in [5.41, 5.74) is 1.31. The molecule has 3 rings (SSSR count). The standard InChI is InChI=1S/C15H11P/c1-2-6-12(7-3-1)15-11-10-13-8-4-5-9-14(13)16-15/h1-11H. The second kappa shape index (κ2) is 4.08. The number of fused-ring (bicyclic) bond motifs is 1. The minimum absolute atomic E-state index is 1.31. The first-order chi connectivity index (χ1) is 7.93. The van der Waals surface area contributed by atoms with E-state index in [1.165, 1.54) is 29.6 Å². The Hall–Kier alpha value is -1.65. The molecule has 16 heavy (non-hydrogen) atoms. The van der Waals surface area contributed by atoms with E-state index >= 15 is 0 Å². The molecular weight excluding hydrogens is 211 g/mol. The molecule has 3 aromatic rings. The summed E-state index contributed by atoms with van der Waals surface area (Å²) in [7, 11) is 1.31. The molecule has 0 aliphatic rings. The van der Waals surface area contributed by atoms with Crippen molar-refractivity contribution < 1.29 is 0 Å². The van der Waals surface area contributed by atoms with E-state index in [0.717, 1.165) is 0 Å². The first-order valence-corrected chi connectivity index (χ1v) is 6.24. The van der Waals surface area contributed by atoms with E-state index in [-0.39, 0.29) is 0 Å². The van der Waals surface area contributed by atoms with Crippen molar-refractivity contribution >= 4 is 18.7 Å². The van der Waals surface area contributed by atoms with Gasteiger partial charge in [-0.1, -0.05) is 62.8 Å². The predicted octanol–water partition coefficient (Wildman–Crippen LogP) is 5.09. The second-order valence-corrected chi connectivity index (χ2v) is 4.94. The van der Waals surface area contributed by atoms with Crippen LogP contribution in [-0.2, 0) is 0 Å². The lowest BCUT2D eigenvalue weighted by Gasteiger charge is -2.02. The Morgan fingerprint density at radius 1 is 0.625 bits per heavy atom. The van der Waals surface area contributed by atoms with Crippen LogP contribution in [0.15, 0.2) is 66.7 Å². The van der Waals surface area contributed by atoms with Gasteiger partial charge in [-0.15, -0.1) is 0 Å². The molecule has 0 N–H and O–H groups in total. The molecule has 0 fully saturated rings. The smallest absolute Gasteiger partial charge is 0.00963 e. The summed E-state index contributed by atoms with van der Waals surface area (Å²) in [6, 6.07) is 23.6. The van der Waals surface area contributed by atoms with E-state index in [9.17, 15) is 0 Å². The lowest BCUT2D eigenvalue weighted by Crippen LogP contribution is -1.73. The molecule has 0 unspecified atom stereocenters. The molecule has 0 aliphatic carbocycles. The molecule has 0 saturated heterocycles. The summed E-state index contributed by atoms with van der Waals surface area (Å²) in [4.78, 5) is 0. The van der Waals surface area contributed by atoms with Crippen molar-refractivity contribution in [1.82, 2.24) is 0 Å². The van der Waals surface area contributed by atoms with Crippen LogP contribution in [0.25, 0.3) is 21.4 Å². The molecule has 1 aromatic heterocycles. The van der Waals surface area contributed by atoms with Crippen molar-refractivity contribution in [1.29, 1.82) is 0 Å². The Morgan fingerprint density at radius 3 is 2.25 bits per heavy atom. The van der Waals surface area contributed by atoms with Crippen molar-refractivity contribution in [3.63, 3.8) is 0 Å². The fourth-order valence-electron chi connectivity index (χ4n) is 1.84.